The Morgan fingerprint density at radius 3 is 2.47 bits per heavy atom. The summed E-state index contributed by atoms with van der Waals surface area (Å²) in [7, 11) is -2.38. The molecule has 1 atom stereocenters. The summed E-state index contributed by atoms with van der Waals surface area (Å²) in [5.41, 5.74) is 5.76. The molecule has 0 heterocycles. The van der Waals surface area contributed by atoms with Crippen molar-refractivity contribution in [2.24, 2.45) is 5.73 Å². The van der Waals surface area contributed by atoms with E-state index in [1.165, 1.54) is 0 Å². The van der Waals surface area contributed by atoms with E-state index in [0.717, 1.165) is 5.37 Å². The molecule has 0 saturated heterocycles. The molecule has 1 aromatic rings. The maximum Gasteiger partial charge on any atom is 0.252 e. The molecule has 1 amide bonds. The third kappa shape index (κ3) is 3.92. The molecule has 0 aliphatic carbocycles. The minimum absolute atomic E-state index is 0.412. The van der Waals surface area contributed by atoms with Crippen molar-refractivity contribution in [3.05, 3.63) is 35.9 Å². The van der Waals surface area contributed by atoms with E-state index in [-0.39, 0.29) is 0 Å². The molecule has 0 fully saturated rings. The van der Waals surface area contributed by atoms with Crippen molar-refractivity contribution in [1.82, 2.24) is 5.32 Å². The van der Waals surface area contributed by atoms with Crippen molar-refractivity contribution in [2.75, 3.05) is 0 Å². The first-order valence-electron chi connectivity index (χ1n) is 4.14. The lowest BCUT2D eigenvalue weighted by Gasteiger charge is -2.07. The van der Waals surface area contributed by atoms with Crippen LogP contribution in [0.5, 0.6) is 0 Å². The van der Waals surface area contributed by atoms with Crippen LogP contribution in [-0.2, 0) is 10.3 Å². The fraction of sp³-hybridized carbons (Fsp3) is 0.111. The number of carbonyl (C=O) groups excluding carboxylic acids is 1. The topological polar surface area (TPSA) is 89.3 Å². The van der Waals surface area contributed by atoms with E-state index in [0.29, 0.717) is 5.56 Å². The van der Waals surface area contributed by atoms with E-state index in [2.05, 4.69) is 5.32 Å². The van der Waals surface area contributed by atoms with Gasteiger partial charge in [-0.15, -0.1) is 0 Å². The van der Waals surface area contributed by atoms with Crippen LogP contribution in [0.25, 0.3) is 0 Å². The minimum atomic E-state index is -2.38. The molecular weight excluding hydrogens is 216 g/mol. The Bertz CT molecular complexity index is 459. The first-order chi connectivity index (χ1) is 7.09. The Balaban J connectivity index is 2.69. The molecule has 0 bridgehead atoms. The van der Waals surface area contributed by atoms with Gasteiger partial charge in [0.1, 0.15) is 6.17 Å². The van der Waals surface area contributed by atoms with Crippen LogP contribution in [0.3, 0.4) is 0 Å². The summed E-state index contributed by atoms with van der Waals surface area (Å²) < 4.78 is 20.5. The molecule has 1 aromatic carbocycles. The van der Waals surface area contributed by atoms with Gasteiger partial charge in [0, 0.05) is 5.56 Å². The molecule has 15 heavy (non-hydrogen) atoms. The Hall–Kier alpha value is -1.66. The molecule has 0 aliphatic rings. The van der Waals surface area contributed by atoms with Gasteiger partial charge in [-0.2, -0.15) is 8.42 Å². The number of rotatable bonds is 3. The minimum Gasteiger partial charge on any atom is -0.332 e. The van der Waals surface area contributed by atoms with Gasteiger partial charge in [0.15, 0.2) is 0 Å². The smallest absolute Gasteiger partial charge is 0.252 e. The second-order valence-electron chi connectivity index (χ2n) is 2.76. The molecule has 0 spiro atoms. The zero-order chi connectivity index (χ0) is 11.3. The van der Waals surface area contributed by atoms with Crippen LogP contribution in [0, 0.1) is 0 Å². The molecule has 1 unspecified atom stereocenters. The van der Waals surface area contributed by atoms with E-state index in [4.69, 9.17) is 5.73 Å². The Morgan fingerprint density at radius 1 is 1.33 bits per heavy atom. The van der Waals surface area contributed by atoms with Gasteiger partial charge >= 0.3 is 0 Å². The van der Waals surface area contributed by atoms with E-state index >= 15 is 0 Å². The molecule has 0 saturated carbocycles. The predicted molar refractivity (Wildman–Crippen MR) is 56.9 cm³/mol. The first kappa shape index (κ1) is 11.4. The highest BCUT2D eigenvalue weighted by molar-refractivity contribution is 7.71. The molecule has 80 valence electrons. The SMILES string of the molecule is NC(C=S(=O)=O)NC(=O)c1ccccc1. The van der Waals surface area contributed by atoms with Crippen LogP contribution in [0.2, 0.25) is 0 Å². The summed E-state index contributed by atoms with van der Waals surface area (Å²) in [6, 6.07) is 8.40. The zero-order valence-electron chi connectivity index (χ0n) is 7.75. The van der Waals surface area contributed by atoms with E-state index in [1.54, 1.807) is 30.3 Å². The second kappa shape index (κ2) is 5.28. The van der Waals surface area contributed by atoms with Crippen LogP contribution in [-0.4, -0.2) is 25.9 Å². The number of amides is 1. The van der Waals surface area contributed by atoms with Crippen molar-refractivity contribution in [3.63, 3.8) is 0 Å². The maximum absolute atomic E-state index is 11.4. The summed E-state index contributed by atoms with van der Waals surface area (Å²) in [5.74, 6) is -0.412. The molecular formula is C9H10N2O3S. The summed E-state index contributed by atoms with van der Waals surface area (Å²) >= 11 is 0. The zero-order valence-corrected chi connectivity index (χ0v) is 8.57. The second-order valence-corrected chi connectivity index (χ2v) is 3.55. The predicted octanol–water partition coefficient (Wildman–Crippen LogP) is -0.617. The summed E-state index contributed by atoms with van der Waals surface area (Å²) in [6.45, 7) is 0. The molecule has 0 radical (unpaired) electrons. The monoisotopic (exact) mass is 226 g/mol. The lowest BCUT2D eigenvalue weighted by molar-refractivity contribution is 0.0948. The molecule has 3 N–H and O–H groups in total. The number of nitrogens with one attached hydrogen (secondary N) is 1. The maximum atomic E-state index is 11.4. The number of nitrogens with two attached hydrogens (primary N) is 1. The summed E-state index contributed by atoms with van der Waals surface area (Å²) in [5, 5.41) is 3.12. The fourth-order valence-electron chi connectivity index (χ4n) is 0.978. The van der Waals surface area contributed by atoms with E-state index < -0.39 is 22.4 Å². The highest BCUT2D eigenvalue weighted by Gasteiger charge is 2.07. The molecule has 0 aromatic heterocycles. The van der Waals surface area contributed by atoms with Crippen molar-refractivity contribution in [1.29, 1.82) is 0 Å². The van der Waals surface area contributed by atoms with E-state index in [9.17, 15) is 13.2 Å². The van der Waals surface area contributed by atoms with Crippen LogP contribution >= 0.6 is 0 Å². The average Bonchev–Trinajstić information content (AvgIpc) is 2.17. The van der Waals surface area contributed by atoms with Gasteiger partial charge in [0.05, 0.1) is 5.37 Å². The standard InChI is InChI=1S/C9H10N2O3S/c10-8(6-15(13)14)11-9(12)7-4-2-1-3-5-7/h1-6,8H,10H2,(H,11,12). The van der Waals surface area contributed by atoms with Crippen LogP contribution in [0.1, 0.15) is 10.4 Å². The third-order valence-corrected chi connectivity index (χ3v) is 2.11. The lowest BCUT2D eigenvalue weighted by Crippen LogP contribution is -2.42. The number of benzene rings is 1. The van der Waals surface area contributed by atoms with Crippen LogP contribution in [0.15, 0.2) is 30.3 Å². The number of hydrogen-bond acceptors (Lipinski definition) is 4. The van der Waals surface area contributed by atoms with Gasteiger partial charge in [-0.05, 0) is 12.1 Å². The third-order valence-electron chi connectivity index (χ3n) is 1.59. The quantitative estimate of drug-likeness (QED) is 0.531. The van der Waals surface area contributed by atoms with Gasteiger partial charge in [-0.25, -0.2) is 0 Å². The van der Waals surface area contributed by atoms with Gasteiger partial charge < -0.3 is 11.1 Å². The van der Waals surface area contributed by atoms with E-state index in [1.807, 2.05) is 0 Å². The van der Waals surface area contributed by atoms with Crippen molar-refractivity contribution >= 4 is 21.6 Å². The van der Waals surface area contributed by atoms with Crippen LogP contribution in [0.4, 0.5) is 0 Å². The highest BCUT2D eigenvalue weighted by Crippen LogP contribution is 1.97. The van der Waals surface area contributed by atoms with Gasteiger partial charge in [-0.3, -0.25) is 4.79 Å². The summed E-state index contributed by atoms with van der Waals surface area (Å²) in [4.78, 5) is 11.4. The van der Waals surface area contributed by atoms with Crippen molar-refractivity contribution in [3.8, 4) is 0 Å². The molecule has 6 heteroatoms. The Kier molecular flexibility index (Phi) is 4.02. The van der Waals surface area contributed by atoms with Crippen molar-refractivity contribution in [2.45, 2.75) is 6.17 Å². The molecule has 0 aliphatic heterocycles. The normalized spacial score (nSPS) is 11.5. The van der Waals surface area contributed by atoms with Gasteiger partial charge in [0.2, 0.25) is 10.3 Å². The number of hydrogen-bond donors (Lipinski definition) is 2. The van der Waals surface area contributed by atoms with Crippen molar-refractivity contribution < 1.29 is 13.2 Å². The summed E-state index contributed by atoms with van der Waals surface area (Å²) in [6.07, 6.45) is -1.00. The average molecular weight is 226 g/mol. The Morgan fingerprint density at radius 2 is 1.93 bits per heavy atom. The van der Waals surface area contributed by atoms with Gasteiger partial charge in [0.25, 0.3) is 5.91 Å². The Labute approximate surface area is 88.4 Å². The molecule has 1 rings (SSSR count). The molecule has 5 nitrogen and oxygen atoms in total. The largest absolute Gasteiger partial charge is 0.332 e. The lowest BCUT2D eigenvalue weighted by atomic mass is 10.2. The number of carbonyl (C=O) groups is 1. The highest BCUT2D eigenvalue weighted by atomic mass is 32.2. The fourth-order valence-corrected chi connectivity index (χ4v) is 1.29. The first-order valence-corrected chi connectivity index (χ1v) is 5.28. The van der Waals surface area contributed by atoms with Gasteiger partial charge in [-0.1, -0.05) is 18.2 Å². The van der Waals surface area contributed by atoms with Crippen LogP contribution < -0.4 is 11.1 Å².